The molecule has 0 spiro atoms. The van der Waals surface area contributed by atoms with Crippen LogP contribution in [0.2, 0.25) is 0 Å². The minimum atomic E-state index is 0.185. The van der Waals surface area contributed by atoms with Gasteiger partial charge in [0.25, 0.3) is 6.01 Å². The zero-order chi connectivity index (χ0) is 15.1. The molecule has 2 heterocycles. The maximum absolute atomic E-state index is 5.58. The SMILES string of the molecule is COc1ccc2ncn(Cc3ccc4nc(N)oc4c3)c2c1. The Labute approximate surface area is 126 Å². The van der Waals surface area contributed by atoms with Crippen molar-refractivity contribution in [2.75, 3.05) is 12.8 Å². The third-order valence-corrected chi connectivity index (χ3v) is 3.65. The van der Waals surface area contributed by atoms with Gasteiger partial charge in [-0.1, -0.05) is 6.07 Å². The van der Waals surface area contributed by atoms with Crippen LogP contribution >= 0.6 is 0 Å². The molecule has 0 bridgehead atoms. The van der Waals surface area contributed by atoms with E-state index in [0.29, 0.717) is 12.1 Å². The van der Waals surface area contributed by atoms with Gasteiger partial charge in [0.2, 0.25) is 0 Å². The Balaban J connectivity index is 1.74. The lowest BCUT2D eigenvalue weighted by atomic mass is 10.2. The van der Waals surface area contributed by atoms with Gasteiger partial charge in [-0.3, -0.25) is 0 Å². The molecule has 0 aliphatic carbocycles. The van der Waals surface area contributed by atoms with Crippen molar-refractivity contribution in [2.45, 2.75) is 6.54 Å². The summed E-state index contributed by atoms with van der Waals surface area (Å²) in [7, 11) is 1.66. The fourth-order valence-electron chi connectivity index (χ4n) is 2.57. The molecule has 4 rings (SSSR count). The van der Waals surface area contributed by atoms with Gasteiger partial charge in [0.15, 0.2) is 5.58 Å². The highest BCUT2D eigenvalue weighted by Gasteiger charge is 2.07. The maximum atomic E-state index is 5.58. The minimum Gasteiger partial charge on any atom is -0.497 e. The summed E-state index contributed by atoms with van der Waals surface area (Å²) in [5, 5.41) is 0. The molecule has 0 atom stereocenters. The molecule has 4 aromatic rings. The monoisotopic (exact) mass is 294 g/mol. The Bertz CT molecular complexity index is 971. The van der Waals surface area contributed by atoms with Gasteiger partial charge in [-0.05, 0) is 29.8 Å². The fourth-order valence-corrected chi connectivity index (χ4v) is 2.57. The quantitative estimate of drug-likeness (QED) is 0.628. The topological polar surface area (TPSA) is 79.1 Å². The Morgan fingerprint density at radius 1 is 1.18 bits per heavy atom. The number of benzene rings is 2. The van der Waals surface area contributed by atoms with E-state index in [-0.39, 0.29) is 6.01 Å². The molecule has 0 amide bonds. The van der Waals surface area contributed by atoms with Crippen molar-refractivity contribution in [1.29, 1.82) is 0 Å². The number of imidazole rings is 1. The highest BCUT2D eigenvalue weighted by Crippen LogP contribution is 2.22. The molecule has 0 fully saturated rings. The summed E-state index contributed by atoms with van der Waals surface area (Å²) in [6.45, 7) is 0.681. The molecule has 2 aromatic heterocycles. The Morgan fingerprint density at radius 3 is 2.91 bits per heavy atom. The van der Waals surface area contributed by atoms with Crippen LogP contribution in [0.1, 0.15) is 5.56 Å². The van der Waals surface area contributed by atoms with Gasteiger partial charge in [0.1, 0.15) is 11.3 Å². The summed E-state index contributed by atoms with van der Waals surface area (Å²) >= 11 is 0. The molecule has 2 aromatic carbocycles. The zero-order valence-electron chi connectivity index (χ0n) is 12.0. The Morgan fingerprint density at radius 2 is 2.05 bits per heavy atom. The normalized spacial score (nSPS) is 11.3. The number of oxazole rings is 1. The molecule has 0 aliphatic heterocycles. The van der Waals surface area contributed by atoms with E-state index in [4.69, 9.17) is 14.9 Å². The highest BCUT2D eigenvalue weighted by molar-refractivity contribution is 5.77. The molecule has 22 heavy (non-hydrogen) atoms. The molecule has 0 aliphatic rings. The van der Waals surface area contributed by atoms with Crippen LogP contribution in [-0.4, -0.2) is 21.6 Å². The van der Waals surface area contributed by atoms with E-state index in [0.717, 1.165) is 27.9 Å². The van der Waals surface area contributed by atoms with Crippen LogP contribution in [0.4, 0.5) is 6.01 Å². The summed E-state index contributed by atoms with van der Waals surface area (Å²) < 4.78 is 12.7. The van der Waals surface area contributed by atoms with Crippen molar-refractivity contribution in [3.05, 3.63) is 48.3 Å². The van der Waals surface area contributed by atoms with Gasteiger partial charge < -0.3 is 19.5 Å². The van der Waals surface area contributed by atoms with Crippen molar-refractivity contribution in [2.24, 2.45) is 0 Å². The number of aromatic nitrogens is 3. The first kappa shape index (κ1) is 12.7. The Kier molecular flexibility index (Phi) is 2.75. The molecule has 2 N–H and O–H groups in total. The minimum absolute atomic E-state index is 0.185. The van der Waals surface area contributed by atoms with E-state index in [1.54, 1.807) is 7.11 Å². The number of hydrogen-bond donors (Lipinski definition) is 1. The van der Waals surface area contributed by atoms with E-state index in [9.17, 15) is 0 Å². The smallest absolute Gasteiger partial charge is 0.292 e. The largest absolute Gasteiger partial charge is 0.497 e. The summed E-state index contributed by atoms with van der Waals surface area (Å²) in [5.74, 6) is 0.813. The number of anilines is 1. The first-order valence-corrected chi connectivity index (χ1v) is 6.87. The van der Waals surface area contributed by atoms with Crippen LogP contribution in [0, 0.1) is 0 Å². The number of methoxy groups -OCH3 is 1. The third-order valence-electron chi connectivity index (χ3n) is 3.65. The molecule has 6 heteroatoms. The second-order valence-electron chi connectivity index (χ2n) is 5.08. The lowest BCUT2D eigenvalue weighted by molar-refractivity contribution is 0.415. The second kappa shape index (κ2) is 4.77. The summed E-state index contributed by atoms with van der Waals surface area (Å²) in [6, 6.07) is 11.9. The van der Waals surface area contributed by atoms with Crippen molar-refractivity contribution in [1.82, 2.24) is 14.5 Å². The standard InChI is InChI=1S/C16H14N4O2/c1-21-11-3-5-12-14(7-11)20(9-18-12)8-10-2-4-13-15(6-10)22-16(17)19-13/h2-7,9H,8H2,1H3,(H2,17,19). The van der Waals surface area contributed by atoms with E-state index >= 15 is 0 Å². The van der Waals surface area contributed by atoms with Gasteiger partial charge >= 0.3 is 0 Å². The number of rotatable bonds is 3. The number of ether oxygens (including phenoxy) is 1. The van der Waals surface area contributed by atoms with E-state index in [2.05, 4.69) is 14.5 Å². The van der Waals surface area contributed by atoms with Gasteiger partial charge in [0.05, 0.1) is 24.5 Å². The van der Waals surface area contributed by atoms with Gasteiger partial charge in [-0.25, -0.2) is 4.98 Å². The lowest BCUT2D eigenvalue weighted by Crippen LogP contribution is -1.98. The molecule has 0 saturated carbocycles. The van der Waals surface area contributed by atoms with E-state index in [1.807, 2.05) is 42.7 Å². The van der Waals surface area contributed by atoms with Crippen LogP contribution in [0.15, 0.2) is 47.1 Å². The summed E-state index contributed by atoms with van der Waals surface area (Å²) in [5.41, 5.74) is 10.1. The zero-order valence-corrected chi connectivity index (χ0v) is 12.0. The Hall–Kier alpha value is -3.02. The molecule has 0 saturated heterocycles. The van der Waals surface area contributed by atoms with E-state index in [1.165, 1.54) is 0 Å². The van der Waals surface area contributed by atoms with Crippen molar-refractivity contribution in [3.63, 3.8) is 0 Å². The molecule has 0 unspecified atom stereocenters. The van der Waals surface area contributed by atoms with Crippen LogP contribution < -0.4 is 10.5 Å². The van der Waals surface area contributed by atoms with Gasteiger partial charge in [-0.2, -0.15) is 4.98 Å². The summed E-state index contributed by atoms with van der Waals surface area (Å²) in [6.07, 6.45) is 1.82. The second-order valence-corrected chi connectivity index (χ2v) is 5.08. The summed E-state index contributed by atoms with van der Waals surface area (Å²) in [4.78, 5) is 8.51. The predicted molar refractivity (Wildman–Crippen MR) is 83.8 cm³/mol. The first-order valence-electron chi connectivity index (χ1n) is 6.87. The number of nitrogen functional groups attached to an aromatic ring is 1. The molecular weight excluding hydrogens is 280 g/mol. The molecule has 110 valence electrons. The number of hydrogen-bond acceptors (Lipinski definition) is 5. The third kappa shape index (κ3) is 2.05. The maximum Gasteiger partial charge on any atom is 0.292 e. The van der Waals surface area contributed by atoms with Crippen LogP contribution in [-0.2, 0) is 6.54 Å². The number of nitrogens with zero attached hydrogens (tertiary/aromatic N) is 3. The van der Waals surface area contributed by atoms with Crippen LogP contribution in [0.3, 0.4) is 0 Å². The highest BCUT2D eigenvalue weighted by atomic mass is 16.5. The van der Waals surface area contributed by atoms with Crippen molar-refractivity contribution >= 4 is 28.1 Å². The van der Waals surface area contributed by atoms with Crippen LogP contribution in [0.5, 0.6) is 5.75 Å². The molecule has 6 nitrogen and oxygen atoms in total. The molecule has 0 radical (unpaired) electrons. The van der Waals surface area contributed by atoms with Crippen LogP contribution in [0.25, 0.3) is 22.1 Å². The van der Waals surface area contributed by atoms with Crippen molar-refractivity contribution in [3.8, 4) is 5.75 Å². The molecular formula is C16H14N4O2. The lowest BCUT2D eigenvalue weighted by Gasteiger charge is -2.05. The van der Waals surface area contributed by atoms with E-state index < -0.39 is 0 Å². The fraction of sp³-hybridized carbons (Fsp3) is 0.125. The van der Waals surface area contributed by atoms with Gasteiger partial charge in [-0.15, -0.1) is 0 Å². The average molecular weight is 294 g/mol. The number of fused-ring (bicyclic) bond motifs is 2. The van der Waals surface area contributed by atoms with Crippen molar-refractivity contribution < 1.29 is 9.15 Å². The average Bonchev–Trinajstić information content (AvgIpc) is 3.09. The first-order chi connectivity index (χ1) is 10.7. The number of nitrogens with two attached hydrogens (primary N) is 1. The van der Waals surface area contributed by atoms with Gasteiger partial charge in [0, 0.05) is 12.6 Å². The predicted octanol–water partition coefficient (Wildman–Crippen LogP) is 2.82.